The third-order valence-electron chi connectivity index (χ3n) is 7.77. The van der Waals surface area contributed by atoms with Crippen LogP contribution in [0.3, 0.4) is 0 Å². The Morgan fingerprint density at radius 2 is 1.76 bits per heavy atom. The first-order chi connectivity index (χ1) is 23.8. The number of carbonyl (C=O) groups is 2. The number of ether oxygens (including phenoxy) is 3. The van der Waals surface area contributed by atoms with Crippen LogP contribution in [0.25, 0.3) is 5.76 Å². The number of nitrogens with zero attached hydrogens (tertiary/aromatic N) is 3. The minimum absolute atomic E-state index is 0.0925. The van der Waals surface area contributed by atoms with Gasteiger partial charge in [0.1, 0.15) is 18.1 Å². The molecule has 1 aliphatic heterocycles. The number of thioether (sulfide) groups is 1. The lowest BCUT2D eigenvalue weighted by molar-refractivity contribution is -0.132. The first-order valence-corrected chi connectivity index (χ1v) is 17.6. The van der Waals surface area contributed by atoms with E-state index in [0.717, 1.165) is 16.7 Å². The van der Waals surface area contributed by atoms with Gasteiger partial charge in [0, 0.05) is 16.3 Å². The maximum Gasteiger partial charge on any atom is 0.301 e. The van der Waals surface area contributed by atoms with E-state index in [9.17, 15) is 14.7 Å². The molecule has 4 aromatic carbocycles. The summed E-state index contributed by atoms with van der Waals surface area (Å²) in [6, 6.07) is 26.4. The molecule has 49 heavy (non-hydrogen) atoms. The fourth-order valence-corrected chi connectivity index (χ4v) is 7.57. The number of ketones is 1. The monoisotopic (exact) mass is 713 g/mol. The van der Waals surface area contributed by atoms with Gasteiger partial charge in [-0.25, -0.2) is 0 Å². The summed E-state index contributed by atoms with van der Waals surface area (Å²) in [6.07, 6.45) is 0. The minimum atomic E-state index is -1.03. The number of Topliss-reactive ketones (excluding diaryl/α,β-unsaturated/α-hetero) is 1. The summed E-state index contributed by atoms with van der Waals surface area (Å²) < 4.78 is 17.8. The van der Waals surface area contributed by atoms with Crippen LogP contribution in [0.15, 0.2) is 101 Å². The molecule has 0 spiro atoms. The van der Waals surface area contributed by atoms with E-state index in [1.54, 1.807) is 42.5 Å². The van der Waals surface area contributed by atoms with Crippen molar-refractivity contribution in [1.29, 1.82) is 0 Å². The second-order valence-electron chi connectivity index (χ2n) is 11.0. The van der Waals surface area contributed by atoms with Crippen molar-refractivity contribution in [3.63, 3.8) is 0 Å². The summed E-state index contributed by atoms with van der Waals surface area (Å²) in [5.41, 5.74) is 3.86. The third kappa shape index (κ3) is 7.44. The summed E-state index contributed by atoms with van der Waals surface area (Å²) in [7, 11) is 1.51. The summed E-state index contributed by atoms with van der Waals surface area (Å²) >= 11 is 8.92. The van der Waals surface area contributed by atoms with E-state index in [1.807, 2.05) is 62.4 Å². The second-order valence-corrected chi connectivity index (χ2v) is 13.6. The number of aliphatic hydroxyl groups excluding tert-OH is 1. The zero-order valence-corrected chi connectivity index (χ0v) is 29.3. The average molecular weight is 714 g/mol. The molecule has 1 saturated heterocycles. The molecule has 1 aromatic heterocycles. The largest absolute Gasteiger partial charge is 0.507 e. The summed E-state index contributed by atoms with van der Waals surface area (Å²) in [6.45, 7) is 4.67. The van der Waals surface area contributed by atoms with Crippen molar-refractivity contribution >= 4 is 57.3 Å². The van der Waals surface area contributed by atoms with Gasteiger partial charge in [-0.3, -0.25) is 14.5 Å². The zero-order valence-electron chi connectivity index (χ0n) is 26.9. The molecular weight excluding hydrogens is 682 g/mol. The summed E-state index contributed by atoms with van der Waals surface area (Å²) in [5, 5.41) is 21.1. The Morgan fingerprint density at radius 3 is 2.49 bits per heavy atom. The van der Waals surface area contributed by atoms with Gasteiger partial charge in [-0.15, -0.1) is 10.2 Å². The topological polar surface area (TPSA) is 111 Å². The van der Waals surface area contributed by atoms with Crippen LogP contribution in [0.1, 0.15) is 40.8 Å². The van der Waals surface area contributed by atoms with Crippen molar-refractivity contribution in [2.24, 2.45) is 0 Å². The van der Waals surface area contributed by atoms with E-state index >= 15 is 0 Å². The minimum Gasteiger partial charge on any atom is -0.507 e. The molecule has 6 rings (SSSR count). The number of methoxy groups -OCH3 is 1. The molecule has 250 valence electrons. The van der Waals surface area contributed by atoms with Gasteiger partial charge < -0.3 is 19.3 Å². The third-order valence-corrected chi connectivity index (χ3v) is 10.2. The zero-order chi connectivity index (χ0) is 34.5. The van der Waals surface area contributed by atoms with Crippen LogP contribution in [-0.4, -0.2) is 40.7 Å². The predicted octanol–water partition coefficient (Wildman–Crippen LogP) is 8.40. The Kier molecular flexibility index (Phi) is 10.5. The molecule has 2 heterocycles. The van der Waals surface area contributed by atoms with Crippen molar-refractivity contribution in [2.75, 3.05) is 18.6 Å². The Labute approximate surface area is 297 Å². The maximum atomic E-state index is 13.8. The highest BCUT2D eigenvalue weighted by atomic mass is 35.5. The smallest absolute Gasteiger partial charge is 0.301 e. The Bertz CT molecular complexity index is 2030. The SMILES string of the molecule is CCOc1ccc(C2C(=C(O)c3ccc(OCc4cccc(C)c4)cc3)C(=O)C(=O)N2c2nnc(SCc3ccccc3Cl)s2)cc1OC. The summed E-state index contributed by atoms with van der Waals surface area (Å²) in [4.78, 5) is 28.8. The predicted molar refractivity (Wildman–Crippen MR) is 192 cm³/mol. The number of halogens is 1. The lowest BCUT2D eigenvalue weighted by atomic mass is 9.95. The van der Waals surface area contributed by atoms with Gasteiger partial charge in [0.25, 0.3) is 5.78 Å². The number of hydrogen-bond acceptors (Lipinski definition) is 10. The number of hydrogen-bond donors (Lipinski definition) is 1. The summed E-state index contributed by atoms with van der Waals surface area (Å²) in [5.74, 6) is 0.0160. The van der Waals surface area contributed by atoms with E-state index < -0.39 is 17.7 Å². The number of aliphatic hydroxyl groups is 1. The van der Waals surface area contributed by atoms with Crippen LogP contribution in [0, 0.1) is 6.92 Å². The van der Waals surface area contributed by atoms with Crippen LogP contribution in [-0.2, 0) is 21.9 Å². The van der Waals surface area contributed by atoms with Gasteiger partial charge >= 0.3 is 5.91 Å². The molecule has 0 aliphatic carbocycles. The normalized spacial score (nSPS) is 15.4. The molecule has 12 heteroatoms. The van der Waals surface area contributed by atoms with Crippen LogP contribution in [0.5, 0.6) is 17.2 Å². The average Bonchev–Trinajstić information content (AvgIpc) is 3.68. The molecule has 1 aliphatic rings. The van der Waals surface area contributed by atoms with E-state index in [2.05, 4.69) is 10.2 Å². The highest BCUT2D eigenvalue weighted by Gasteiger charge is 2.48. The number of carbonyl (C=O) groups excluding carboxylic acids is 2. The second kappa shape index (κ2) is 15.1. The molecule has 1 amide bonds. The molecule has 0 saturated carbocycles. The molecule has 0 radical (unpaired) electrons. The number of anilines is 1. The van der Waals surface area contributed by atoms with E-state index in [1.165, 1.54) is 35.1 Å². The van der Waals surface area contributed by atoms with Crippen molar-refractivity contribution in [3.8, 4) is 17.2 Å². The van der Waals surface area contributed by atoms with E-state index in [0.29, 0.717) is 56.7 Å². The van der Waals surface area contributed by atoms with Gasteiger partial charge in [-0.05, 0) is 73.0 Å². The van der Waals surface area contributed by atoms with Crippen LogP contribution in [0.4, 0.5) is 5.13 Å². The molecule has 1 N–H and O–H groups in total. The van der Waals surface area contributed by atoms with Gasteiger partial charge in [-0.2, -0.15) is 0 Å². The molecule has 5 aromatic rings. The standard InChI is InChI=1S/C37H32ClN3O6S2/c1-4-46-29-17-14-25(19-30(29)45-3)32-31(33(42)24-12-15-27(16-13-24)47-20-23-9-7-8-22(2)18-23)34(43)35(44)41(32)36-39-40-37(49-36)48-21-26-10-5-6-11-28(26)38/h5-19,32,42H,4,20-21H2,1-3H3. The van der Waals surface area contributed by atoms with E-state index in [-0.39, 0.29) is 16.5 Å². The first-order valence-electron chi connectivity index (χ1n) is 15.4. The number of aryl methyl sites for hydroxylation is 1. The highest BCUT2D eigenvalue weighted by molar-refractivity contribution is 8.00. The maximum absolute atomic E-state index is 13.8. The van der Waals surface area contributed by atoms with Gasteiger partial charge in [-0.1, -0.05) is 88.8 Å². The quantitative estimate of drug-likeness (QED) is 0.0448. The van der Waals surface area contributed by atoms with Crippen LogP contribution >= 0.6 is 34.7 Å². The number of aromatic nitrogens is 2. The van der Waals surface area contributed by atoms with Gasteiger partial charge in [0.05, 0.1) is 25.3 Å². The number of amides is 1. The lowest BCUT2D eigenvalue weighted by Crippen LogP contribution is -2.29. The fraction of sp³-hybridized carbons (Fsp3) is 0.189. The number of benzene rings is 4. The first kappa shape index (κ1) is 34.0. The van der Waals surface area contributed by atoms with Crippen molar-refractivity contribution in [2.45, 2.75) is 36.6 Å². The Hall–Kier alpha value is -4.84. The molecule has 1 unspecified atom stereocenters. The lowest BCUT2D eigenvalue weighted by Gasteiger charge is -2.23. The molecule has 1 fully saturated rings. The highest BCUT2D eigenvalue weighted by Crippen LogP contribution is 2.46. The molecule has 1 atom stereocenters. The van der Waals surface area contributed by atoms with Crippen molar-refractivity contribution in [3.05, 3.63) is 129 Å². The Balaban J connectivity index is 1.35. The van der Waals surface area contributed by atoms with Gasteiger partial charge in [0.15, 0.2) is 15.8 Å². The van der Waals surface area contributed by atoms with Crippen molar-refractivity contribution < 1.29 is 28.9 Å². The molecular formula is C37H32ClN3O6S2. The van der Waals surface area contributed by atoms with Gasteiger partial charge in [0.2, 0.25) is 5.13 Å². The number of rotatable bonds is 12. The van der Waals surface area contributed by atoms with Crippen LogP contribution in [0.2, 0.25) is 5.02 Å². The van der Waals surface area contributed by atoms with Crippen LogP contribution < -0.4 is 19.1 Å². The van der Waals surface area contributed by atoms with Crippen molar-refractivity contribution in [1.82, 2.24) is 10.2 Å². The Morgan fingerprint density at radius 1 is 0.959 bits per heavy atom. The van der Waals surface area contributed by atoms with E-state index in [4.69, 9.17) is 25.8 Å². The fourth-order valence-electron chi connectivity index (χ4n) is 5.42. The molecule has 0 bridgehead atoms. The molecule has 9 nitrogen and oxygen atoms in total.